The van der Waals surface area contributed by atoms with Crippen LogP contribution in [0.3, 0.4) is 0 Å². The number of benzene rings is 1. The van der Waals surface area contributed by atoms with Crippen LogP contribution in [0.5, 0.6) is 5.75 Å². The fourth-order valence-corrected chi connectivity index (χ4v) is 2.70. The van der Waals surface area contributed by atoms with Crippen molar-refractivity contribution in [2.24, 2.45) is 0 Å². The van der Waals surface area contributed by atoms with Gasteiger partial charge in [0, 0.05) is 29.3 Å². The highest BCUT2D eigenvalue weighted by Crippen LogP contribution is 2.33. The van der Waals surface area contributed by atoms with Gasteiger partial charge in [-0.15, -0.1) is 0 Å². The van der Waals surface area contributed by atoms with Gasteiger partial charge in [-0.2, -0.15) is 0 Å². The molecule has 0 radical (unpaired) electrons. The van der Waals surface area contributed by atoms with E-state index in [0.29, 0.717) is 18.6 Å². The minimum Gasteiger partial charge on any atom is -0.493 e. The van der Waals surface area contributed by atoms with Gasteiger partial charge < -0.3 is 4.74 Å². The molecule has 92 valence electrons. The van der Waals surface area contributed by atoms with Crippen molar-refractivity contribution in [1.29, 1.82) is 0 Å². The van der Waals surface area contributed by atoms with Gasteiger partial charge in [0.25, 0.3) is 0 Å². The third-order valence-corrected chi connectivity index (χ3v) is 3.48. The predicted molar refractivity (Wildman–Crippen MR) is 71.6 cm³/mol. The van der Waals surface area contributed by atoms with Gasteiger partial charge in [0.1, 0.15) is 11.5 Å². The number of rotatable bonds is 5. The molecular formula is C14H17BrO2. The fourth-order valence-electron chi connectivity index (χ4n) is 2.15. The number of halogens is 1. The predicted octanol–water partition coefficient (Wildman–Crippen LogP) is 3.69. The molecular weight excluding hydrogens is 280 g/mol. The van der Waals surface area contributed by atoms with E-state index in [9.17, 15) is 4.79 Å². The van der Waals surface area contributed by atoms with Crippen LogP contribution in [0.4, 0.5) is 0 Å². The number of ketones is 1. The van der Waals surface area contributed by atoms with Gasteiger partial charge in [-0.05, 0) is 24.1 Å². The molecule has 2 nitrogen and oxygen atoms in total. The quantitative estimate of drug-likeness (QED) is 0.828. The average molecular weight is 297 g/mol. The summed E-state index contributed by atoms with van der Waals surface area (Å²) in [5, 5.41) is 0. The zero-order chi connectivity index (χ0) is 12.3. The molecule has 0 amide bonds. The van der Waals surface area contributed by atoms with Crippen molar-refractivity contribution in [2.45, 2.75) is 39.0 Å². The Morgan fingerprint density at radius 3 is 3.06 bits per heavy atom. The molecule has 0 saturated heterocycles. The molecule has 0 bridgehead atoms. The molecule has 0 aliphatic carbocycles. The Labute approximate surface area is 110 Å². The summed E-state index contributed by atoms with van der Waals surface area (Å²) in [4.78, 5) is 11.8. The zero-order valence-electron chi connectivity index (χ0n) is 10.1. The first-order valence-corrected chi connectivity index (χ1v) is 6.95. The van der Waals surface area contributed by atoms with Crippen LogP contribution < -0.4 is 4.74 Å². The maximum atomic E-state index is 11.8. The summed E-state index contributed by atoms with van der Waals surface area (Å²) in [7, 11) is 0. The van der Waals surface area contributed by atoms with Crippen LogP contribution in [0.15, 0.2) is 16.6 Å². The Bertz CT molecular complexity index is 426. The second kappa shape index (κ2) is 5.67. The Morgan fingerprint density at radius 1 is 1.47 bits per heavy atom. The molecule has 3 heteroatoms. The standard InChI is InChI=1S/C14H17BrO2/c1-2-3-4-13(16)9-11-8-12(15)7-10-5-6-17-14(10)11/h7-8H,2-6,9H2,1H3. The molecule has 0 fully saturated rings. The molecule has 0 atom stereocenters. The largest absolute Gasteiger partial charge is 0.493 e. The van der Waals surface area contributed by atoms with Crippen LogP contribution in [0.1, 0.15) is 37.3 Å². The lowest BCUT2D eigenvalue weighted by Gasteiger charge is -2.08. The normalized spacial score (nSPS) is 13.3. The molecule has 1 aliphatic heterocycles. The summed E-state index contributed by atoms with van der Waals surface area (Å²) in [5.41, 5.74) is 2.26. The van der Waals surface area contributed by atoms with E-state index >= 15 is 0 Å². The summed E-state index contributed by atoms with van der Waals surface area (Å²) >= 11 is 3.49. The number of carbonyl (C=O) groups excluding carboxylic acids is 1. The topological polar surface area (TPSA) is 26.3 Å². The van der Waals surface area contributed by atoms with Crippen molar-refractivity contribution < 1.29 is 9.53 Å². The van der Waals surface area contributed by atoms with Gasteiger partial charge in [0.05, 0.1) is 6.61 Å². The Hall–Kier alpha value is -0.830. The van der Waals surface area contributed by atoms with Gasteiger partial charge in [-0.1, -0.05) is 29.3 Å². The van der Waals surface area contributed by atoms with E-state index in [4.69, 9.17) is 4.74 Å². The minimum atomic E-state index is 0.308. The van der Waals surface area contributed by atoms with E-state index in [0.717, 1.165) is 41.7 Å². The van der Waals surface area contributed by atoms with Crippen LogP contribution in [0.25, 0.3) is 0 Å². The molecule has 1 heterocycles. The fraction of sp³-hybridized carbons (Fsp3) is 0.500. The lowest BCUT2D eigenvalue weighted by molar-refractivity contribution is -0.118. The van der Waals surface area contributed by atoms with E-state index < -0.39 is 0 Å². The maximum Gasteiger partial charge on any atom is 0.137 e. The highest BCUT2D eigenvalue weighted by Gasteiger charge is 2.18. The average Bonchev–Trinajstić information content (AvgIpc) is 2.74. The molecule has 0 aromatic heterocycles. The van der Waals surface area contributed by atoms with E-state index in [2.05, 4.69) is 28.9 Å². The molecule has 0 spiro atoms. The lowest BCUT2D eigenvalue weighted by Crippen LogP contribution is -2.04. The SMILES string of the molecule is CCCCC(=O)Cc1cc(Br)cc2c1OCC2. The molecule has 17 heavy (non-hydrogen) atoms. The number of ether oxygens (including phenoxy) is 1. The summed E-state index contributed by atoms with van der Waals surface area (Å²) in [6, 6.07) is 4.09. The van der Waals surface area contributed by atoms with Gasteiger partial charge in [-0.3, -0.25) is 4.79 Å². The van der Waals surface area contributed by atoms with E-state index in [1.54, 1.807) is 0 Å². The Morgan fingerprint density at radius 2 is 2.29 bits per heavy atom. The number of unbranched alkanes of at least 4 members (excludes halogenated alkanes) is 1. The van der Waals surface area contributed by atoms with Crippen LogP contribution in [-0.2, 0) is 17.6 Å². The molecule has 1 aliphatic rings. The van der Waals surface area contributed by atoms with Gasteiger partial charge in [-0.25, -0.2) is 0 Å². The van der Waals surface area contributed by atoms with Crippen LogP contribution >= 0.6 is 15.9 Å². The van der Waals surface area contributed by atoms with Crippen molar-refractivity contribution in [1.82, 2.24) is 0 Å². The molecule has 1 aromatic carbocycles. The number of hydrogen-bond acceptors (Lipinski definition) is 2. The smallest absolute Gasteiger partial charge is 0.137 e. The number of fused-ring (bicyclic) bond motifs is 1. The summed E-state index contributed by atoms with van der Waals surface area (Å²) < 4.78 is 6.66. The van der Waals surface area contributed by atoms with Crippen LogP contribution in [0.2, 0.25) is 0 Å². The summed E-state index contributed by atoms with van der Waals surface area (Å²) in [6.07, 6.45) is 4.18. The number of hydrogen-bond donors (Lipinski definition) is 0. The van der Waals surface area contributed by atoms with E-state index in [1.807, 2.05) is 6.07 Å². The Balaban J connectivity index is 2.13. The first-order valence-electron chi connectivity index (χ1n) is 6.16. The van der Waals surface area contributed by atoms with E-state index in [-0.39, 0.29) is 0 Å². The first kappa shape index (κ1) is 12.6. The summed E-state index contributed by atoms with van der Waals surface area (Å²) in [6.45, 7) is 2.84. The Kier molecular flexibility index (Phi) is 4.21. The second-order valence-electron chi connectivity index (χ2n) is 4.47. The van der Waals surface area contributed by atoms with E-state index in [1.165, 1.54) is 5.56 Å². The number of carbonyl (C=O) groups is 1. The third kappa shape index (κ3) is 3.09. The van der Waals surface area contributed by atoms with Crippen LogP contribution in [0, 0.1) is 0 Å². The second-order valence-corrected chi connectivity index (χ2v) is 5.39. The van der Waals surface area contributed by atoms with Gasteiger partial charge in [0.2, 0.25) is 0 Å². The van der Waals surface area contributed by atoms with Crippen molar-refractivity contribution >= 4 is 21.7 Å². The van der Waals surface area contributed by atoms with Gasteiger partial charge >= 0.3 is 0 Å². The molecule has 0 saturated carbocycles. The number of Topliss-reactive ketones (excluding diaryl/α,β-unsaturated/α-hetero) is 1. The third-order valence-electron chi connectivity index (χ3n) is 3.02. The monoisotopic (exact) mass is 296 g/mol. The van der Waals surface area contributed by atoms with Crippen LogP contribution in [-0.4, -0.2) is 12.4 Å². The lowest BCUT2D eigenvalue weighted by atomic mass is 10.0. The molecule has 0 N–H and O–H groups in total. The minimum absolute atomic E-state index is 0.308. The zero-order valence-corrected chi connectivity index (χ0v) is 11.7. The van der Waals surface area contributed by atoms with Gasteiger partial charge in [0.15, 0.2) is 0 Å². The first-order chi connectivity index (χ1) is 8.20. The molecule has 1 aromatic rings. The maximum absolute atomic E-state index is 11.8. The van der Waals surface area contributed by atoms with Crippen molar-refractivity contribution in [2.75, 3.05) is 6.61 Å². The van der Waals surface area contributed by atoms with Crippen molar-refractivity contribution in [3.8, 4) is 5.75 Å². The van der Waals surface area contributed by atoms with Crippen molar-refractivity contribution in [3.63, 3.8) is 0 Å². The van der Waals surface area contributed by atoms with Crippen molar-refractivity contribution in [3.05, 3.63) is 27.7 Å². The molecule has 0 unspecified atom stereocenters. The highest BCUT2D eigenvalue weighted by molar-refractivity contribution is 9.10. The molecule has 2 rings (SSSR count). The summed E-state index contributed by atoms with van der Waals surface area (Å²) in [5.74, 6) is 1.25. The highest BCUT2D eigenvalue weighted by atomic mass is 79.9.